The van der Waals surface area contributed by atoms with E-state index in [4.69, 9.17) is 0 Å². The van der Waals surface area contributed by atoms with Crippen molar-refractivity contribution in [3.63, 3.8) is 0 Å². The molecule has 0 bridgehead atoms. The first-order chi connectivity index (χ1) is 14.7. The molecule has 1 aliphatic heterocycles. The topological polar surface area (TPSA) is 80.1 Å². The summed E-state index contributed by atoms with van der Waals surface area (Å²) >= 11 is 1.44. The van der Waals surface area contributed by atoms with Crippen molar-refractivity contribution in [2.45, 2.75) is 18.9 Å². The van der Waals surface area contributed by atoms with E-state index in [-0.39, 0.29) is 11.8 Å². The van der Waals surface area contributed by atoms with E-state index in [1.54, 1.807) is 23.5 Å². The lowest BCUT2D eigenvalue weighted by molar-refractivity contribution is -0.119. The molecule has 2 amide bonds. The number of rotatable bonds is 4. The third kappa shape index (κ3) is 3.46. The average molecular weight is 417 g/mol. The first-order valence-electron chi connectivity index (χ1n) is 9.75. The van der Waals surface area contributed by atoms with Gasteiger partial charge in [0, 0.05) is 30.2 Å². The number of carbonyl (C=O) groups is 2. The Morgan fingerprint density at radius 1 is 1.13 bits per heavy atom. The second-order valence-electron chi connectivity index (χ2n) is 7.15. The monoisotopic (exact) mass is 417 g/mol. The Labute approximate surface area is 177 Å². The maximum Gasteiger partial charge on any atom is 0.254 e. The van der Waals surface area contributed by atoms with Crippen molar-refractivity contribution in [2.24, 2.45) is 0 Å². The normalized spacial score (nSPS) is 16.1. The molecular formula is C22H19N5O2S. The summed E-state index contributed by atoms with van der Waals surface area (Å²) in [7, 11) is 0. The number of imidazole rings is 1. The Morgan fingerprint density at radius 3 is 2.87 bits per heavy atom. The number of fused-ring (bicyclic) bond motifs is 1. The number of hydrogen-bond donors (Lipinski definition) is 1. The van der Waals surface area contributed by atoms with Crippen molar-refractivity contribution in [2.75, 3.05) is 11.9 Å². The number of anilines is 1. The molecule has 7 nitrogen and oxygen atoms in total. The SMILES string of the molecule is O=C(Nc1nc2ccccc2s1)C1CCCN1C(=O)c1cccc(-n2ccnc2)c1. The van der Waals surface area contributed by atoms with Crippen LogP contribution in [0.25, 0.3) is 15.9 Å². The fourth-order valence-electron chi connectivity index (χ4n) is 3.77. The third-order valence-electron chi connectivity index (χ3n) is 5.24. The number of carbonyl (C=O) groups excluding carboxylic acids is 2. The van der Waals surface area contributed by atoms with Crippen LogP contribution in [0, 0.1) is 0 Å². The number of para-hydroxylation sites is 1. The van der Waals surface area contributed by atoms with Crippen LogP contribution in [0.15, 0.2) is 67.3 Å². The van der Waals surface area contributed by atoms with Crippen LogP contribution < -0.4 is 5.32 Å². The summed E-state index contributed by atoms with van der Waals surface area (Å²) in [5.41, 5.74) is 2.27. The highest BCUT2D eigenvalue weighted by Crippen LogP contribution is 2.27. The van der Waals surface area contributed by atoms with E-state index in [9.17, 15) is 9.59 Å². The molecular weight excluding hydrogens is 398 g/mol. The van der Waals surface area contributed by atoms with Crippen LogP contribution in [0.4, 0.5) is 5.13 Å². The smallest absolute Gasteiger partial charge is 0.254 e. The standard InChI is InChI=1S/C22H19N5O2S/c28-20(25-22-24-17-7-1-2-9-19(17)30-22)18-8-4-11-27(18)21(29)15-5-3-6-16(13-15)26-12-10-23-14-26/h1-3,5-7,9-10,12-14,18H,4,8,11H2,(H,24,25,28). The summed E-state index contributed by atoms with van der Waals surface area (Å²) in [5.74, 6) is -0.329. The summed E-state index contributed by atoms with van der Waals surface area (Å²) in [6.07, 6.45) is 6.65. The molecule has 0 saturated carbocycles. The molecule has 30 heavy (non-hydrogen) atoms. The van der Waals surface area contributed by atoms with Gasteiger partial charge in [0.05, 0.1) is 16.5 Å². The minimum Gasteiger partial charge on any atom is -0.327 e. The van der Waals surface area contributed by atoms with E-state index in [2.05, 4.69) is 15.3 Å². The summed E-state index contributed by atoms with van der Waals surface area (Å²) in [6.45, 7) is 0.562. The molecule has 2 aromatic carbocycles. The minimum atomic E-state index is -0.499. The molecule has 0 radical (unpaired) electrons. The van der Waals surface area contributed by atoms with E-state index in [1.165, 1.54) is 11.3 Å². The van der Waals surface area contributed by atoms with Crippen LogP contribution in [-0.4, -0.2) is 43.8 Å². The zero-order valence-electron chi connectivity index (χ0n) is 16.1. The summed E-state index contributed by atoms with van der Waals surface area (Å²) in [5, 5.41) is 3.46. The highest BCUT2D eigenvalue weighted by Gasteiger charge is 2.35. The third-order valence-corrected chi connectivity index (χ3v) is 6.19. The molecule has 5 rings (SSSR count). The van der Waals surface area contributed by atoms with E-state index < -0.39 is 6.04 Å². The second kappa shape index (κ2) is 7.72. The van der Waals surface area contributed by atoms with Gasteiger partial charge in [-0.1, -0.05) is 29.5 Å². The van der Waals surface area contributed by atoms with Gasteiger partial charge >= 0.3 is 0 Å². The molecule has 1 saturated heterocycles. The van der Waals surface area contributed by atoms with Gasteiger partial charge in [0.1, 0.15) is 6.04 Å². The summed E-state index contributed by atoms with van der Waals surface area (Å²) < 4.78 is 2.86. The van der Waals surface area contributed by atoms with Crippen LogP contribution in [-0.2, 0) is 4.79 Å². The Morgan fingerprint density at radius 2 is 2.03 bits per heavy atom. The van der Waals surface area contributed by atoms with Crippen LogP contribution in [0.1, 0.15) is 23.2 Å². The number of hydrogen-bond acceptors (Lipinski definition) is 5. The number of aromatic nitrogens is 3. The number of amides is 2. The van der Waals surface area contributed by atoms with Crippen molar-refractivity contribution in [1.29, 1.82) is 0 Å². The van der Waals surface area contributed by atoms with Gasteiger partial charge in [0.15, 0.2) is 5.13 Å². The lowest BCUT2D eigenvalue weighted by Crippen LogP contribution is -2.43. The van der Waals surface area contributed by atoms with E-state index in [1.807, 2.05) is 53.2 Å². The number of thiazole rings is 1. The Hall–Kier alpha value is -3.52. The van der Waals surface area contributed by atoms with Crippen molar-refractivity contribution in [3.8, 4) is 5.69 Å². The van der Waals surface area contributed by atoms with Gasteiger partial charge < -0.3 is 14.8 Å². The molecule has 1 fully saturated rings. The molecule has 3 heterocycles. The molecule has 1 aliphatic rings. The molecule has 1 unspecified atom stereocenters. The number of likely N-dealkylation sites (tertiary alicyclic amines) is 1. The van der Waals surface area contributed by atoms with Crippen LogP contribution in [0.2, 0.25) is 0 Å². The van der Waals surface area contributed by atoms with Crippen molar-refractivity contribution >= 4 is 38.5 Å². The maximum absolute atomic E-state index is 13.2. The minimum absolute atomic E-state index is 0.140. The Bertz CT molecular complexity index is 1180. The molecule has 0 spiro atoms. The summed E-state index contributed by atoms with van der Waals surface area (Å²) in [4.78, 5) is 36.3. The molecule has 0 aliphatic carbocycles. The van der Waals surface area contributed by atoms with Crippen LogP contribution in [0.3, 0.4) is 0 Å². The Balaban J connectivity index is 1.35. The summed E-state index contributed by atoms with van der Waals surface area (Å²) in [6, 6.07) is 14.6. The molecule has 4 aromatic rings. The highest BCUT2D eigenvalue weighted by molar-refractivity contribution is 7.22. The predicted octanol–water partition coefficient (Wildman–Crippen LogP) is 3.73. The van der Waals surface area contributed by atoms with Crippen LogP contribution >= 0.6 is 11.3 Å². The number of nitrogens with zero attached hydrogens (tertiary/aromatic N) is 4. The lowest BCUT2D eigenvalue weighted by atomic mass is 10.1. The second-order valence-corrected chi connectivity index (χ2v) is 8.18. The van der Waals surface area contributed by atoms with E-state index >= 15 is 0 Å². The van der Waals surface area contributed by atoms with Crippen molar-refractivity contribution in [3.05, 3.63) is 72.8 Å². The number of benzene rings is 2. The van der Waals surface area contributed by atoms with Gasteiger partial charge in [-0.15, -0.1) is 0 Å². The zero-order valence-corrected chi connectivity index (χ0v) is 16.9. The fraction of sp³-hybridized carbons (Fsp3) is 0.182. The van der Waals surface area contributed by atoms with Crippen molar-refractivity contribution < 1.29 is 9.59 Å². The van der Waals surface area contributed by atoms with Crippen LogP contribution in [0.5, 0.6) is 0 Å². The van der Waals surface area contributed by atoms with Crippen molar-refractivity contribution in [1.82, 2.24) is 19.4 Å². The van der Waals surface area contributed by atoms with Gasteiger partial charge in [0.2, 0.25) is 5.91 Å². The van der Waals surface area contributed by atoms with Gasteiger partial charge in [0.25, 0.3) is 5.91 Å². The van der Waals surface area contributed by atoms with Gasteiger partial charge in [-0.3, -0.25) is 9.59 Å². The first kappa shape index (κ1) is 18.5. The molecule has 2 aromatic heterocycles. The molecule has 1 N–H and O–H groups in total. The first-order valence-corrected chi connectivity index (χ1v) is 10.6. The Kier molecular flexibility index (Phi) is 4.76. The zero-order chi connectivity index (χ0) is 20.5. The lowest BCUT2D eigenvalue weighted by Gasteiger charge is -2.23. The fourth-order valence-corrected chi connectivity index (χ4v) is 4.64. The molecule has 8 heteroatoms. The van der Waals surface area contributed by atoms with Gasteiger partial charge in [-0.25, -0.2) is 9.97 Å². The van der Waals surface area contributed by atoms with Gasteiger partial charge in [-0.2, -0.15) is 0 Å². The molecule has 150 valence electrons. The average Bonchev–Trinajstić information content (AvgIpc) is 3.53. The molecule has 1 atom stereocenters. The highest BCUT2D eigenvalue weighted by atomic mass is 32.1. The quantitative estimate of drug-likeness (QED) is 0.549. The van der Waals surface area contributed by atoms with E-state index in [0.717, 1.165) is 22.3 Å². The van der Waals surface area contributed by atoms with Gasteiger partial charge in [-0.05, 0) is 43.2 Å². The largest absolute Gasteiger partial charge is 0.327 e. The number of nitrogens with one attached hydrogen (secondary N) is 1. The predicted molar refractivity (Wildman–Crippen MR) is 116 cm³/mol. The van der Waals surface area contributed by atoms with E-state index in [0.29, 0.717) is 23.7 Å². The maximum atomic E-state index is 13.2.